The van der Waals surface area contributed by atoms with Gasteiger partial charge < -0.3 is 10.1 Å². The fraction of sp³-hybridized carbons (Fsp3) is 0.350. The predicted octanol–water partition coefficient (Wildman–Crippen LogP) is 3.34. The second kappa shape index (κ2) is 8.80. The number of nitro groups is 1. The SMILES string of the molecule is CCOc1ccc(C(=O)Nc2cccc([N+](=O)[O-])c2C)cc1S(=O)(=O)N1CCCC1. The largest absolute Gasteiger partial charge is 0.492 e. The summed E-state index contributed by atoms with van der Waals surface area (Å²) < 4.78 is 33.0. The normalized spacial score (nSPS) is 14.5. The van der Waals surface area contributed by atoms with Crippen LogP contribution in [0.15, 0.2) is 41.3 Å². The van der Waals surface area contributed by atoms with Gasteiger partial charge in [0, 0.05) is 24.7 Å². The number of rotatable bonds is 7. The Kier molecular flexibility index (Phi) is 6.37. The molecule has 3 rings (SSSR count). The summed E-state index contributed by atoms with van der Waals surface area (Å²) in [4.78, 5) is 23.3. The number of nitrogens with zero attached hydrogens (tertiary/aromatic N) is 2. The minimum Gasteiger partial charge on any atom is -0.492 e. The van der Waals surface area contributed by atoms with E-state index in [1.54, 1.807) is 13.0 Å². The Bertz CT molecular complexity index is 1080. The average Bonchev–Trinajstić information content (AvgIpc) is 3.25. The first-order chi connectivity index (χ1) is 14.3. The Balaban J connectivity index is 1.96. The number of benzene rings is 2. The van der Waals surface area contributed by atoms with Crippen molar-refractivity contribution >= 4 is 27.3 Å². The van der Waals surface area contributed by atoms with Gasteiger partial charge >= 0.3 is 0 Å². The van der Waals surface area contributed by atoms with Crippen LogP contribution < -0.4 is 10.1 Å². The van der Waals surface area contributed by atoms with E-state index >= 15 is 0 Å². The lowest BCUT2D eigenvalue weighted by Gasteiger charge is -2.19. The van der Waals surface area contributed by atoms with Crippen molar-refractivity contribution in [2.45, 2.75) is 31.6 Å². The van der Waals surface area contributed by atoms with E-state index in [1.165, 1.54) is 41.6 Å². The van der Waals surface area contributed by atoms with Crippen LogP contribution in [0.3, 0.4) is 0 Å². The van der Waals surface area contributed by atoms with Crippen molar-refractivity contribution in [3.8, 4) is 5.75 Å². The number of hydrogen-bond acceptors (Lipinski definition) is 6. The molecule has 0 unspecified atom stereocenters. The third-order valence-electron chi connectivity index (χ3n) is 4.94. The second-order valence-corrected chi connectivity index (χ2v) is 8.77. The molecular formula is C20H23N3O6S. The molecular weight excluding hydrogens is 410 g/mol. The third kappa shape index (κ3) is 4.29. The van der Waals surface area contributed by atoms with E-state index in [2.05, 4.69) is 5.32 Å². The van der Waals surface area contributed by atoms with Crippen LogP contribution in [0, 0.1) is 17.0 Å². The molecule has 30 heavy (non-hydrogen) atoms. The van der Waals surface area contributed by atoms with E-state index in [4.69, 9.17) is 4.74 Å². The second-order valence-electron chi connectivity index (χ2n) is 6.87. The van der Waals surface area contributed by atoms with Gasteiger partial charge in [0.25, 0.3) is 11.6 Å². The first-order valence-corrected chi connectivity index (χ1v) is 11.0. The molecule has 160 valence electrons. The number of anilines is 1. The number of nitrogens with one attached hydrogen (secondary N) is 1. The van der Waals surface area contributed by atoms with Gasteiger partial charge in [-0.25, -0.2) is 8.42 Å². The van der Waals surface area contributed by atoms with Crippen LogP contribution in [-0.2, 0) is 10.0 Å². The maximum absolute atomic E-state index is 13.1. The fourth-order valence-corrected chi connectivity index (χ4v) is 5.02. The molecule has 0 bridgehead atoms. The van der Waals surface area contributed by atoms with Gasteiger partial charge in [-0.2, -0.15) is 4.31 Å². The quantitative estimate of drug-likeness (QED) is 0.528. The topological polar surface area (TPSA) is 119 Å². The molecule has 1 aliphatic rings. The summed E-state index contributed by atoms with van der Waals surface area (Å²) in [5.41, 5.74) is 0.595. The lowest BCUT2D eigenvalue weighted by atomic mass is 10.1. The molecule has 0 aromatic heterocycles. The fourth-order valence-electron chi connectivity index (χ4n) is 3.34. The highest BCUT2D eigenvalue weighted by Crippen LogP contribution is 2.31. The van der Waals surface area contributed by atoms with Crippen LogP contribution in [0.25, 0.3) is 0 Å². The monoisotopic (exact) mass is 433 g/mol. The van der Waals surface area contributed by atoms with Gasteiger partial charge in [-0.15, -0.1) is 0 Å². The summed E-state index contributed by atoms with van der Waals surface area (Å²) in [6.07, 6.45) is 1.57. The number of ether oxygens (including phenoxy) is 1. The molecule has 0 saturated carbocycles. The van der Waals surface area contributed by atoms with Crippen molar-refractivity contribution < 1.29 is 22.9 Å². The molecule has 1 aliphatic heterocycles. The van der Waals surface area contributed by atoms with Crippen molar-refractivity contribution in [2.75, 3.05) is 25.0 Å². The van der Waals surface area contributed by atoms with E-state index in [0.29, 0.717) is 18.7 Å². The third-order valence-corrected chi connectivity index (χ3v) is 6.86. The van der Waals surface area contributed by atoms with Gasteiger partial charge in [0.1, 0.15) is 10.6 Å². The first-order valence-electron chi connectivity index (χ1n) is 9.58. The molecule has 1 N–H and O–H groups in total. The van der Waals surface area contributed by atoms with E-state index < -0.39 is 20.9 Å². The summed E-state index contributed by atoms with van der Waals surface area (Å²) in [5.74, 6) is -0.382. The van der Waals surface area contributed by atoms with Crippen LogP contribution >= 0.6 is 0 Å². The molecule has 0 spiro atoms. The molecule has 1 heterocycles. The first kappa shape index (κ1) is 21.7. The Labute approximate surface area is 174 Å². The summed E-state index contributed by atoms with van der Waals surface area (Å²) in [7, 11) is -3.81. The molecule has 0 aliphatic carbocycles. The summed E-state index contributed by atoms with van der Waals surface area (Å²) in [5, 5.41) is 13.7. The molecule has 10 heteroatoms. The van der Waals surface area contributed by atoms with Crippen LogP contribution in [0.2, 0.25) is 0 Å². The van der Waals surface area contributed by atoms with Crippen molar-refractivity contribution in [3.05, 3.63) is 57.6 Å². The summed E-state index contributed by atoms with van der Waals surface area (Å²) in [6.45, 7) is 4.42. The Morgan fingerprint density at radius 2 is 1.93 bits per heavy atom. The van der Waals surface area contributed by atoms with Gasteiger partial charge in [0.15, 0.2) is 0 Å². The lowest BCUT2D eigenvalue weighted by molar-refractivity contribution is -0.385. The van der Waals surface area contributed by atoms with Crippen molar-refractivity contribution in [2.24, 2.45) is 0 Å². The maximum Gasteiger partial charge on any atom is 0.274 e. The minimum atomic E-state index is -3.81. The van der Waals surface area contributed by atoms with Crippen molar-refractivity contribution in [1.82, 2.24) is 4.31 Å². The number of sulfonamides is 1. The van der Waals surface area contributed by atoms with Gasteiger partial charge in [-0.3, -0.25) is 14.9 Å². The average molecular weight is 433 g/mol. The molecule has 1 saturated heterocycles. The zero-order chi connectivity index (χ0) is 21.9. The molecule has 1 fully saturated rings. The zero-order valence-electron chi connectivity index (χ0n) is 16.8. The number of amides is 1. The zero-order valence-corrected chi connectivity index (χ0v) is 17.6. The number of nitro benzene ring substituents is 1. The summed E-state index contributed by atoms with van der Waals surface area (Å²) >= 11 is 0. The molecule has 0 radical (unpaired) electrons. The molecule has 1 amide bonds. The highest BCUT2D eigenvalue weighted by Gasteiger charge is 2.31. The maximum atomic E-state index is 13.1. The van der Waals surface area contributed by atoms with Gasteiger partial charge in [-0.05, 0) is 51.0 Å². The standard InChI is InChI=1S/C20H23N3O6S/c1-3-29-18-10-9-15(13-19(18)30(27,28)22-11-4-5-12-22)20(24)21-16-7-6-8-17(14(16)2)23(25)26/h6-10,13H,3-5,11-12H2,1-2H3,(H,21,24). The van der Waals surface area contributed by atoms with E-state index in [0.717, 1.165) is 12.8 Å². The number of carbonyl (C=O) groups excluding carboxylic acids is 1. The molecule has 9 nitrogen and oxygen atoms in total. The smallest absolute Gasteiger partial charge is 0.274 e. The molecule has 2 aromatic carbocycles. The van der Waals surface area contributed by atoms with E-state index in [9.17, 15) is 23.3 Å². The Hall–Kier alpha value is -2.98. The van der Waals surface area contributed by atoms with Gasteiger partial charge in [-0.1, -0.05) is 6.07 Å². The van der Waals surface area contributed by atoms with Crippen LogP contribution in [0.1, 0.15) is 35.7 Å². The van der Waals surface area contributed by atoms with Gasteiger partial charge in [0.05, 0.1) is 22.8 Å². The Morgan fingerprint density at radius 3 is 2.57 bits per heavy atom. The van der Waals surface area contributed by atoms with Crippen LogP contribution in [0.4, 0.5) is 11.4 Å². The highest BCUT2D eigenvalue weighted by atomic mass is 32.2. The number of carbonyl (C=O) groups is 1. The number of hydrogen-bond donors (Lipinski definition) is 1. The predicted molar refractivity (Wildman–Crippen MR) is 111 cm³/mol. The van der Waals surface area contributed by atoms with Crippen LogP contribution in [-0.4, -0.2) is 43.2 Å². The molecule has 0 atom stereocenters. The van der Waals surface area contributed by atoms with E-state index in [1.807, 2.05) is 0 Å². The molecule has 2 aromatic rings. The minimum absolute atomic E-state index is 0.0605. The highest BCUT2D eigenvalue weighted by molar-refractivity contribution is 7.89. The van der Waals surface area contributed by atoms with Crippen molar-refractivity contribution in [1.29, 1.82) is 0 Å². The lowest BCUT2D eigenvalue weighted by Crippen LogP contribution is -2.28. The Morgan fingerprint density at radius 1 is 1.23 bits per heavy atom. The van der Waals surface area contributed by atoms with Crippen molar-refractivity contribution in [3.63, 3.8) is 0 Å². The van der Waals surface area contributed by atoms with E-state index in [-0.39, 0.29) is 34.2 Å². The van der Waals surface area contributed by atoms with Gasteiger partial charge in [0.2, 0.25) is 10.0 Å². The van der Waals surface area contributed by atoms with Crippen LogP contribution in [0.5, 0.6) is 5.75 Å². The summed E-state index contributed by atoms with van der Waals surface area (Å²) in [6, 6.07) is 8.60.